The molecule has 6 aromatic carbocycles. The number of benzene rings is 6. The Kier molecular flexibility index (Phi) is 10.2. The first-order valence-corrected chi connectivity index (χ1v) is 22.8. The predicted molar refractivity (Wildman–Crippen MR) is 219 cm³/mol. The van der Waals surface area contributed by atoms with Crippen LogP contribution in [-0.4, -0.2) is 3.26 Å². The minimum atomic E-state index is -3.15. The van der Waals surface area contributed by atoms with Gasteiger partial charge in [-0.15, -0.1) is 24.8 Å². The molecule has 0 spiro atoms. The minimum Gasteiger partial charge on any atom is -0.147 e. The van der Waals surface area contributed by atoms with E-state index in [4.69, 9.17) is 0 Å². The van der Waals surface area contributed by atoms with E-state index in [2.05, 4.69) is 175 Å². The van der Waals surface area contributed by atoms with Crippen molar-refractivity contribution in [3.63, 3.8) is 0 Å². The van der Waals surface area contributed by atoms with Gasteiger partial charge < -0.3 is 0 Å². The van der Waals surface area contributed by atoms with Crippen LogP contribution in [0.1, 0.15) is 81.3 Å². The third-order valence-electron chi connectivity index (χ3n) is 10.4. The Labute approximate surface area is 318 Å². The Bertz CT molecular complexity index is 2280. The van der Waals surface area contributed by atoms with E-state index < -0.39 is 21.0 Å². The smallest absolute Gasteiger partial charge is 0.147 e. The van der Waals surface area contributed by atoms with Gasteiger partial charge in [0.05, 0.1) is 0 Å². The molecule has 2 aliphatic carbocycles. The van der Waals surface area contributed by atoms with Crippen LogP contribution in [0.2, 0.25) is 0 Å². The second kappa shape index (κ2) is 14.0. The van der Waals surface area contributed by atoms with Gasteiger partial charge in [-0.3, -0.25) is 0 Å². The van der Waals surface area contributed by atoms with Crippen LogP contribution >= 0.6 is 24.8 Å². The fourth-order valence-electron chi connectivity index (χ4n) is 7.88. The molecule has 6 aromatic rings. The molecule has 0 N–H and O–H groups in total. The molecule has 0 atom stereocenters. The van der Waals surface area contributed by atoms with Crippen molar-refractivity contribution >= 4 is 52.9 Å². The number of rotatable bonds is 4. The molecule has 0 aliphatic heterocycles. The van der Waals surface area contributed by atoms with Crippen molar-refractivity contribution in [3.8, 4) is 11.1 Å². The van der Waals surface area contributed by atoms with Crippen molar-refractivity contribution in [1.29, 1.82) is 0 Å². The topological polar surface area (TPSA) is 0 Å². The molecule has 0 nitrogen and oxygen atoms in total. The van der Waals surface area contributed by atoms with Gasteiger partial charge in [0.15, 0.2) is 0 Å². The Morgan fingerprint density at radius 3 is 1.70 bits per heavy atom. The van der Waals surface area contributed by atoms with Gasteiger partial charge in [0.25, 0.3) is 0 Å². The van der Waals surface area contributed by atoms with Crippen LogP contribution in [0.15, 0.2) is 137 Å². The standard InChI is InChI=1S/C21H14.C21H25.C5H5.2ClH.Hf/c1-3-7-20-14-16(9-11-18(20)5-1)13-17-10-12-19-6-2-4-8-21(19)15-17;1-20(2,3)16-7-9-18-14(12-16)11-15-13-17(21(4,5)6)8-10-19(15)18;1-2-4-5-3-1;;;/h1-12,14-15H;7-10,12H,11H2,1-6H3;1-3H,4H2;2*1H;. The van der Waals surface area contributed by atoms with Gasteiger partial charge in [-0.05, 0) is 0 Å². The van der Waals surface area contributed by atoms with Crippen LogP contribution in [0.25, 0.3) is 32.7 Å². The SMILES string of the molecule is CC(C)(C)c1ccc2c(c1)Cc1c-2ccc(C(C)(C)C)[c]1[Hf]([C]1=CC=CC1)=[C](c1ccc2ccccc2c1)c1ccc2ccccc2c1.Cl.Cl. The molecule has 0 heterocycles. The fourth-order valence-corrected chi connectivity index (χ4v) is 20.9. The van der Waals surface area contributed by atoms with Crippen LogP contribution < -0.4 is 3.32 Å². The maximum atomic E-state index is 2.51. The molecule has 8 rings (SSSR count). The van der Waals surface area contributed by atoms with Crippen molar-refractivity contribution in [2.75, 3.05) is 0 Å². The van der Waals surface area contributed by atoms with Crippen molar-refractivity contribution < 1.29 is 21.0 Å². The van der Waals surface area contributed by atoms with Crippen LogP contribution in [0, 0.1) is 0 Å². The van der Waals surface area contributed by atoms with Gasteiger partial charge in [-0.2, -0.15) is 0 Å². The third-order valence-corrected chi connectivity index (χ3v) is 21.8. The molecule has 0 unspecified atom stereocenters. The number of allylic oxidation sites excluding steroid dienone is 4. The molecule has 0 saturated carbocycles. The van der Waals surface area contributed by atoms with Gasteiger partial charge in [0.2, 0.25) is 0 Å². The summed E-state index contributed by atoms with van der Waals surface area (Å²) in [5.74, 6) is 0. The van der Waals surface area contributed by atoms with Gasteiger partial charge in [0, 0.05) is 0 Å². The van der Waals surface area contributed by atoms with Crippen molar-refractivity contribution in [2.45, 2.75) is 65.2 Å². The molecule has 0 amide bonds. The van der Waals surface area contributed by atoms with E-state index in [1.165, 1.54) is 54.9 Å². The normalized spacial score (nSPS) is 13.4. The van der Waals surface area contributed by atoms with E-state index in [1.807, 2.05) is 0 Å². The monoisotopic (exact) mass is 860 g/mol. The molecule has 252 valence electrons. The third kappa shape index (κ3) is 6.58. The minimum absolute atomic E-state index is 0. The van der Waals surface area contributed by atoms with Crippen LogP contribution in [0.3, 0.4) is 0 Å². The summed E-state index contributed by atoms with van der Waals surface area (Å²) in [5, 5.41) is 5.23. The first-order valence-electron chi connectivity index (χ1n) is 17.5. The maximum absolute atomic E-state index is 3.15. The molecular formula is C47H46Cl2Hf. The molecule has 50 heavy (non-hydrogen) atoms. The summed E-state index contributed by atoms with van der Waals surface area (Å²) in [6, 6.07) is 44.5. The molecule has 3 heteroatoms. The van der Waals surface area contributed by atoms with Crippen LogP contribution in [-0.2, 0) is 38.2 Å². The summed E-state index contributed by atoms with van der Waals surface area (Å²) in [6.45, 7) is 14.3. The number of halogens is 2. The van der Waals surface area contributed by atoms with Crippen LogP contribution in [0.5, 0.6) is 0 Å². The fraction of sp³-hybridized carbons (Fsp3) is 0.213. The summed E-state index contributed by atoms with van der Waals surface area (Å²) in [7, 11) is 0. The van der Waals surface area contributed by atoms with E-state index in [0.29, 0.717) is 0 Å². The first kappa shape index (κ1) is 36.4. The Balaban J connectivity index is 0.00000216. The summed E-state index contributed by atoms with van der Waals surface area (Å²) in [5.41, 5.74) is 11.9. The molecule has 0 bridgehead atoms. The van der Waals surface area contributed by atoms with E-state index in [1.54, 1.807) is 21.0 Å². The zero-order valence-corrected chi connectivity index (χ0v) is 35.2. The molecule has 0 aromatic heterocycles. The molecular weight excluding hydrogens is 814 g/mol. The summed E-state index contributed by atoms with van der Waals surface area (Å²) < 4.78 is 5.00. The Morgan fingerprint density at radius 2 is 1.16 bits per heavy atom. The molecule has 2 aliphatic rings. The second-order valence-electron chi connectivity index (χ2n) is 15.8. The maximum Gasteiger partial charge on any atom is -0.147 e. The van der Waals surface area contributed by atoms with Crippen molar-refractivity contribution in [2.24, 2.45) is 0 Å². The van der Waals surface area contributed by atoms with Gasteiger partial charge >= 0.3 is 296 Å². The van der Waals surface area contributed by atoms with Crippen LogP contribution in [0.4, 0.5) is 0 Å². The summed E-state index contributed by atoms with van der Waals surface area (Å²) in [6.07, 6.45) is 9.29. The van der Waals surface area contributed by atoms with Crippen molar-refractivity contribution in [1.82, 2.24) is 0 Å². The molecule has 0 fully saturated rings. The first-order chi connectivity index (χ1) is 23.1. The Morgan fingerprint density at radius 1 is 0.580 bits per heavy atom. The summed E-state index contributed by atoms with van der Waals surface area (Å²) in [4.78, 5) is 0. The Hall–Kier alpha value is -3.36. The number of hydrogen-bond donors (Lipinski definition) is 0. The second-order valence-corrected chi connectivity index (χ2v) is 24.4. The van der Waals surface area contributed by atoms with Crippen molar-refractivity contribution in [3.05, 3.63) is 170 Å². The number of fused-ring (bicyclic) bond motifs is 5. The summed E-state index contributed by atoms with van der Waals surface area (Å²) >= 11 is -3.15. The number of hydrogen-bond acceptors (Lipinski definition) is 0. The molecule has 0 radical (unpaired) electrons. The predicted octanol–water partition coefficient (Wildman–Crippen LogP) is 12.4. The molecule has 0 saturated heterocycles. The zero-order valence-electron chi connectivity index (χ0n) is 29.9. The van der Waals surface area contributed by atoms with Gasteiger partial charge in [-0.1, -0.05) is 0 Å². The van der Waals surface area contributed by atoms with Gasteiger partial charge in [-0.25, -0.2) is 0 Å². The van der Waals surface area contributed by atoms with E-state index >= 15 is 0 Å². The average molecular weight is 860 g/mol. The van der Waals surface area contributed by atoms with E-state index in [-0.39, 0.29) is 35.6 Å². The van der Waals surface area contributed by atoms with E-state index in [9.17, 15) is 0 Å². The largest absolute Gasteiger partial charge is 0.147 e. The quantitative estimate of drug-likeness (QED) is 0.155. The average Bonchev–Trinajstić information content (AvgIpc) is 3.74. The van der Waals surface area contributed by atoms with E-state index in [0.717, 1.165) is 12.8 Å². The van der Waals surface area contributed by atoms with Gasteiger partial charge in [0.1, 0.15) is 0 Å². The zero-order chi connectivity index (χ0) is 33.2.